The minimum atomic E-state index is -1.08. The van der Waals surface area contributed by atoms with Gasteiger partial charge in [-0.1, -0.05) is 0 Å². The normalized spacial score (nSPS) is 18.1. The van der Waals surface area contributed by atoms with Gasteiger partial charge in [0.25, 0.3) is 0 Å². The number of anilines is 2. The van der Waals surface area contributed by atoms with Crippen LogP contribution >= 0.6 is 0 Å². The molecule has 8 nitrogen and oxygen atoms in total. The molecular formula is C21H21F2N7O. The van der Waals surface area contributed by atoms with Crippen LogP contribution in [0.3, 0.4) is 0 Å². The van der Waals surface area contributed by atoms with Crippen LogP contribution in [0.4, 0.5) is 20.3 Å². The summed E-state index contributed by atoms with van der Waals surface area (Å²) < 4.78 is 30.1. The number of carbonyl (C=O) groups excluding carboxylic acids is 1. The smallest absolute Gasteiger partial charge is 0.231 e. The minimum Gasteiger partial charge on any atom is -0.379 e. The Morgan fingerprint density at radius 3 is 2.81 bits per heavy atom. The van der Waals surface area contributed by atoms with Gasteiger partial charge in [-0.2, -0.15) is 5.10 Å². The summed E-state index contributed by atoms with van der Waals surface area (Å²) in [5.41, 5.74) is 3.05. The van der Waals surface area contributed by atoms with E-state index in [0.29, 0.717) is 39.5 Å². The average Bonchev–Trinajstić information content (AvgIpc) is 3.11. The van der Waals surface area contributed by atoms with Crippen LogP contribution in [0.25, 0.3) is 27.8 Å². The van der Waals surface area contributed by atoms with Gasteiger partial charge >= 0.3 is 0 Å². The van der Waals surface area contributed by atoms with Crippen molar-refractivity contribution in [3.8, 4) is 11.3 Å². The van der Waals surface area contributed by atoms with E-state index in [1.165, 1.54) is 0 Å². The Morgan fingerprint density at radius 2 is 2.10 bits per heavy atom. The van der Waals surface area contributed by atoms with Crippen molar-refractivity contribution < 1.29 is 13.6 Å². The zero-order valence-electron chi connectivity index (χ0n) is 17.2. The van der Waals surface area contributed by atoms with Crippen LogP contribution in [0.5, 0.6) is 0 Å². The molecule has 0 bridgehead atoms. The summed E-state index contributed by atoms with van der Waals surface area (Å²) in [6.07, 6.45) is 5.71. The van der Waals surface area contributed by atoms with Gasteiger partial charge in [-0.05, 0) is 32.8 Å². The fourth-order valence-electron chi connectivity index (χ4n) is 3.77. The number of nitrogens with zero attached hydrogens (tertiary/aromatic N) is 4. The molecule has 10 heteroatoms. The fraction of sp³-hybridized carbons (Fsp3) is 0.333. The first-order valence-electron chi connectivity index (χ1n) is 10.0. The standard InChI is InChI=1S/C21H21F2N7O/c1-9(2)26-20-18(23)10(3)17(12-5-25-29-19(12)20)14-7-30-8-15(27-16(30)6-24-14)28-21(31)11-4-13(11)22/h5-9,11,13,26H,4H2,1-3H3,(H,25,29)(H,28,31)/t11-,13+/m1/s1. The van der Waals surface area contributed by atoms with E-state index in [1.807, 2.05) is 13.8 Å². The van der Waals surface area contributed by atoms with Crippen molar-refractivity contribution >= 4 is 34.0 Å². The predicted octanol–water partition coefficient (Wildman–Crippen LogP) is 3.84. The van der Waals surface area contributed by atoms with E-state index >= 15 is 4.39 Å². The lowest BCUT2D eigenvalue weighted by Crippen LogP contribution is -2.15. The van der Waals surface area contributed by atoms with Crippen molar-refractivity contribution in [3.05, 3.63) is 36.2 Å². The summed E-state index contributed by atoms with van der Waals surface area (Å²) in [5.74, 6) is -1.03. The van der Waals surface area contributed by atoms with Crippen molar-refractivity contribution in [3.63, 3.8) is 0 Å². The van der Waals surface area contributed by atoms with Gasteiger partial charge < -0.3 is 15.0 Å². The SMILES string of the molecule is Cc1c(F)c(NC(C)C)c2[nH]ncc2c1-c1cn2cc(NC(=O)[C@@H]3C[C@@H]3F)nc2cn1. The van der Waals surface area contributed by atoms with E-state index in [-0.39, 0.29) is 24.2 Å². The first-order valence-corrected chi connectivity index (χ1v) is 10.0. The zero-order chi connectivity index (χ0) is 21.9. The Kier molecular flexibility index (Phi) is 4.38. The van der Waals surface area contributed by atoms with Crippen LogP contribution in [-0.2, 0) is 4.79 Å². The molecule has 0 radical (unpaired) electrons. The number of aromatic nitrogens is 5. The van der Waals surface area contributed by atoms with Gasteiger partial charge in [0, 0.05) is 23.2 Å². The first-order chi connectivity index (χ1) is 14.8. The number of carbonyl (C=O) groups is 1. The molecule has 5 rings (SSSR count). The molecule has 0 unspecified atom stereocenters. The lowest BCUT2D eigenvalue weighted by Gasteiger charge is -2.16. The molecule has 31 heavy (non-hydrogen) atoms. The number of nitrogens with one attached hydrogen (secondary N) is 3. The number of alkyl halides is 1. The number of aromatic amines is 1. The van der Waals surface area contributed by atoms with E-state index in [4.69, 9.17) is 0 Å². The maximum Gasteiger partial charge on any atom is 0.231 e. The lowest BCUT2D eigenvalue weighted by molar-refractivity contribution is -0.117. The van der Waals surface area contributed by atoms with Crippen molar-refractivity contribution in [1.29, 1.82) is 0 Å². The third-order valence-corrected chi connectivity index (χ3v) is 5.41. The quantitative estimate of drug-likeness (QED) is 0.451. The van der Waals surface area contributed by atoms with Crippen molar-refractivity contribution in [2.75, 3.05) is 10.6 Å². The molecule has 1 aliphatic carbocycles. The molecular weight excluding hydrogens is 404 g/mol. The molecule has 4 aromatic rings. The molecule has 3 aromatic heterocycles. The van der Waals surface area contributed by atoms with Crippen LogP contribution in [0.1, 0.15) is 25.8 Å². The van der Waals surface area contributed by atoms with Crippen molar-refractivity contribution in [1.82, 2.24) is 24.6 Å². The van der Waals surface area contributed by atoms with Crippen molar-refractivity contribution in [2.45, 2.75) is 39.4 Å². The summed E-state index contributed by atoms with van der Waals surface area (Å²) in [5, 5.41) is 13.5. The third kappa shape index (κ3) is 3.28. The summed E-state index contributed by atoms with van der Waals surface area (Å²) in [6, 6.07) is 0.0450. The summed E-state index contributed by atoms with van der Waals surface area (Å²) >= 11 is 0. The summed E-state index contributed by atoms with van der Waals surface area (Å²) in [6.45, 7) is 5.58. The Balaban J connectivity index is 1.57. The van der Waals surface area contributed by atoms with E-state index in [0.717, 1.165) is 5.39 Å². The predicted molar refractivity (Wildman–Crippen MR) is 113 cm³/mol. The van der Waals surface area contributed by atoms with E-state index in [1.54, 1.807) is 36.1 Å². The van der Waals surface area contributed by atoms with Gasteiger partial charge in [0.2, 0.25) is 5.91 Å². The second-order valence-electron chi connectivity index (χ2n) is 8.16. The van der Waals surface area contributed by atoms with Gasteiger partial charge in [-0.25, -0.2) is 13.8 Å². The highest BCUT2D eigenvalue weighted by molar-refractivity contribution is 6.02. The highest BCUT2D eigenvalue weighted by Crippen LogP contribution is 2.38. The van der Waals surface area contributed by atoms with Crippen LogP contribution in [-0.4, -0.2) is 42.7 Å². The zero-order valence-corrected chi connectivity index (χ0v) is 17.2. The first kappa shape index (κ1) is 19.4. The maximum absolute atomic E-state index is 15.3. The molecule has 160 valence electrons. The Labute approximate surface area is 176 Å². The number of benzene rings is 1. The second-order valence-corrected chi connectivity index (χ2v) is 8.16. The number of hydrogen-bond donors (Lipinski definition) is 3. The van der Waals surface area contributed by atoms with Gasteiger partial charge in [0.1, 0.15) is 6.17 Å². The molecule has 1 saturated carbocycles. The van der Waals surface area contributed by atoms with Crippen LogP contribution in [0, 0.1) is 18.7 Å². The largest absolute Gasteiger partial charge is 0.379 e. The van der Waals surface area contributed by atoms with E-state index < -0.39 is 12.1 Å². The third-order valence-electron chi connectivity index (χ3n) is 5.41. The highest BCUT2D eigenvalue weighted by atomic mass is 19.1. The Hall–Kier alpha value is -3.56. The topological polar surface area (TPSA) is 100 Å². The molecule has 3 heterocycles. The van der Waals surface area contributed by atoms with Gasteiger partial charge in [-0.15, -0.1) is 0 Å². The number of halogens is 2. The molecule has 3 N–H and O–H groups in total. The molecule has 0 spiro atoms. The number of amides is 1. The van der Waals surface area contributed by atoms with Gasteiger partial charge in [-0.3, -0.25) is 14.9 Å². The Bertz CT molecular complexity index is 1330. The van der Waals surface area contributed by atoms with Crippen molar-refractivity contribution in [2.24, 2.45) is 5.92 Å². The fourth-order valence-corrected chi connectivity index (χ4v) is 3.77. The molecule has 1 aromatic carbocycles. The highest BCUT2D eigenvalue weighted by Gasteiger charge is 2.43. The molecule has 0 aliphatic heterocycles. The number of fused-ring (bicyclic) bond motifs is 2. The number of hydrogen-bond acceptors (Lipinski definition) is 5. The number of H-pyrrole nitrogens is 1. The number of imidazole rings is 1. The Morgan fingerprint density at radius 1 is 1.32 bits per heavy atom. The van der Waals surface area contributed by atoms with E-state index in [9.17, 15) is 9.18 Å². The summed E-state index contributed by atoms with van der Waals surface area (Å²) in [7, 11) is 0. The molecule has 1 aliphatic rings. The lowest BCUT2D eigenvalue weighted by atomic mass is 9.99. The summed E-state index contributed by atoms with van der Waals surface area (Å²) in [4.78, 5) is 20.8. The van der Waals surface area contributed by atoms with Crippen LogP contribution in [0.2, 0.25) is 0 Å². The van der Waals surface area contributed by atoms with E-state index in [2.05, 4.69) is 30.8 Å². The molecule has 1 fully saturated rings. The molecule has 1 amide bonds. The second kappa shape index (κ2) is 7.00. The van der Waals surface area contributed by atoms with Crippen LogP contribution in [0.15, 0.2) is 24.8 Å². The minimum absolute atomic E-state index is 0.0450. The molecule has 2 atom stereocenters. The monoisotopic (exact) mass is 425 g/mol. The van der Waals surface area contributed by atoms with Gasteiger partial charge in [0.15, 0.2) is 17.3 Å². The number of rotatable bonds is 5. The molecule has 0 saturated heterocycles. The maximum atomic E-state index is 15.3. The average molecular weight is 425 g/mol. The van der Waals surface area contributed by atoms with Gasteiger partial charge in [0.05, 0.1) is 41.4 Å². The van der Waals surface area contributed by atoms with Crippen LogP contribution < -0.4 is 10.6 Å².